The minimum absolute atomic E-state index is 0.574. The number of hydrogen-bond donors (Lipinski definition) is 2. The molecule has 3 N–H and O–H groups in total. The van der Waals surface area contributed by atoms with Crippen molar-refractivity contribution in [1.29, 1.82) is 0 Å². The van der Waals surface area contributed by atoms with Gasteiger partial charge in [0.25, 0.3) is 0 Å². The average Bonchev–Trinajstić information content (AvgIpc) is 1.68. The topological polar surface area (TPSA) is 38.0 Å². The molecule has 2 heteroatoms. The highest BCUT2D eigenvalue weighted by Gasteiger charge is 1.90. The van der Waals surface area contributed by atoms with Crippen molar-refractivity contribution in [3.05, 3.63) is 0 Å². The van der Waals surface area contributed by atoms with Crippen LogP contribution in [-0.4, -0.2) is 12.7 Å². The fraction of sp³-hybridized carbons (Fsp3) is 1.00. The van der Waals surface area contributed by atoms with Crippen LogP contribution < -0.4 is 11.1 Å². The third kappa shape index (κ3) is 3.76. The van der Waals surface area contributed by atoms with Crippen LogP contribution >= 0.6 is 0 Å². The van der Waals surface area contributed by atoms with E-state index in [9.17, 15) is 0 Å². The third-order valence-corrected chi connectivity index (χ3v) is 1.08. The molecule has 0 spiro atoms. The summed E-state index contributed by atoms with van der Waals surface area (Å²) < 4.78 is 0. The van der Waals surface area contributed by atoms with E-state index in [0.717, 1.165) is 6.42 Å². The second-order valence-electron chi connectivity index (χ2n) is 1.72. The molecule has 44 valence electrons. The minimum atomic E-state index is 0.574. The molecular weight excluding hydrogens is 88.1 g/mol. The monoisotopic (exact) mass is 102 g/mol. The van der Waals surface area contributed by atoms with Gasteiger partial charge in [0.05, 0.1) is 0 Å². The molecule has 0 bridgehead atoms. The highest BCUT2D eigenvalue weighted by molar-refractivity contribution is 4.52. The molecule has 0 saturated heterocycles. The lowest BCUT2D eigenvalue weighted by Gasteiger charge is -2.06. The molecule has 1 atom stereocenters. The second kappa shape index (κ2) is 4.09. The number of hydrogen-bond acceptors (Lipinski definition) is 2. The van der Waals surface area contributed by atoms with E-state index >= 15 is 0 Å². The Balaban J connectivity index is 2.83. The van der Waals surface area contributed by atoms with Gasteiger partial charge in [0, 0.05) is 12.7 Å². The zero-order valence-corrected chi connectivity index (χ0v) is 5.07. The summed E-state index contributed by atoms with van der Waals surface area (Å²) in [5.41, 5.74) is 5.19. The van der Waals surface area contributed by atoms with Gasteiger partial charge in [-0.2, -0.15) is 0 Å². The molecule has 0 saturated carbocycles. The van der Waals surface area contributed by atoms with Crippen molar-refractivity contribution in [2.24, 2.45) is 5.73 Å². The predicted molar refractivity (Wildman–Crippen MR) is 31.9 cm³/mol. The van der Waals surface area contributed by atoms with Crippen LogP contribution in [0.2, 0.25) is 0 Å². The lowest BCUT2D eigenvalue weighted by atomic mass is 10.3. The molecule has 0 aromatic rings. The third-order valence-electron chi connectivity index (χ3n) is 1.08. The summed E-state index contributed by atoms with van der Waals surface area (Å²) >= 11 is 0. The van der Waals surface area contributed by atoms with E-state index in [1.165, 1.54) is 0 Å². The summed E-state index contributed by atoms with van der Waals surface area (Å²) in [6.07, 6.45) is 1.15. The maximum atomic E-state index is 5.19. The zero-order valence-electron chi connectivity index (χ0n) is 5.07. The molecule has 2 nitrogen and oxygen atoms in total. The van der Waals surface area contributed by atoms with Gasteiger partial charge >= 0.3 is 0 Å². The summed E-state index contributed by atoms with van der Waals surface area (Å²) in [5.74, 6) is 0. The maximum absolute atomic E-state index is 5.19. The SMILES string of the molecule is CC[C@H](C)NCN. The smallest absolute Gasteiger partial charge is 0.0430 e. The summed E-state index contributed by atoms with van der Waals surface area (Å²) in [7, 11) is 0. The van der Waals surface area contributed by atoms with Gasteiger partial charge in [0.15, 0.2) is 0 Å². The van der Waals surface area contributed by atoms with E-state index in [2.05, 4.69) is 19.2 Å². The highest BCUT2D eigenvalue weighted by atomic mass is 15.0. The molecule has 0 aromatic heterocycles. The number of rotatable bonds is 3. The molecule has 7 heavy (non-hydrogen) atoms. The van der Waals surface area contributed by atoms with Crippen LogP contribution in [0.3, 0.4) is 0 Å². The molecule has 0 radical (unpaired) electrons. The lowest BCUT2D eigenvalue weighted by molar-refractivity contribution is 0.545. The van der Waals surface area contributed by atoms with Crippen LogP contribution in [0.25, 0.3) is 0 Å². The first-order chi connectivity index (χ1) is 3.31. The van der Waals surface area contributed by atoms with Gasteiger partial charge < -0.3 is 11.1 Å². The van der Waals surface area contributed by atoms with Gasteiger partial charge in [-0.15, -0.1) is 0 Å². The van der Waals surface area contributed by atoms with Crippen molar-refractivity contribution in [2.75, 3.05) is 6.67 Å². The Hall–Kier alpha value is -0.0800. The predicted octanol–water partition coefficient (Wildman–Crippen LogP) is 0.291. The fourth-order valence-corrected chi connectivity index (χ4v) is 0.346. The van der Waals surface area contributed by atoms with Crippen molar-refractivity contribution >= 4 is 0 Å². The van der Waals surface area contributed by atoms with Crippen LogP contribution in [0.4, 0.5) is 0 Å². The Bertz CT molecular complexity index is 37.1. The molecule has 0 aliphatic rings. The lowest BCUT2D eigenvalue weighted by Crippen LogP contribution is -2.30. The van der Waals surface area contributed by atoms with Crippen LogP contribution in [0.15, 0.2) is 0 Å². The molecule has 0 amide bonds. The Morgan fingerprint density at radius 3 is 2.43 bits per heavy atom. The van der Waals surface area contributed by atoms with Crippen LogP contribution in [0.1, 0.15) is 20.3 Å². The van der Waals surface area contributed by atoms with Crippen molar-refractivity contribution in [1.82, 2.24) is 5.32 Å². The Morgan fingerprint density at radius 2 is 2.29 bits per heavy atom. The molecular formula is C5H14N2. The molecule has 0 fully saturated rings. The fourth-order valence-electron chi connectivity index (χ4n) is 0.346. The van der Waals surface area contributed by atoms with E-state index in [4.69, 9.17) is 5.73 Å². The van der Waals surface area contributed by atoms with E-state index in [1.54, 1.807) is 0 Å². The zero-order chi connectivity index (χ0) is 5.70. The minimum Gasteiger partial charge on any atom is -0.318 e. The van der Waals surface area contributed by atoms with Crippen LogP contribution in [0.5, 0.6) is 0 Å². The van der Waals surface area contributed by atoms with Gasteiger partial charge in [0.2, 0.25) is 0 Å². The first-order valence-corrected chi connectivity index (χ1v) is 2.74. The summed E-state index contributed by atoms with van der Waals surface area (Å²) in [6, 6.07) is 0.574. The Morgan fingerprint density at radius 1 is 1.71 bits per heavy atom. The first kappa shape index (κ1) is 6.92. The maximum Gasteiger partial charge on any atom is 0.0430 e. The van der Waals surface area contributed by atoms with Gasteiger partial charge in [0.1, 0.15) is 0 Å². The number of nitrogens with two attached hydrogens (primary N) is 1. The van der Waals surface area contributed by atoms with Crippen molar-refractivity contribution in [2.45, 2.75) is 26.3 Å². The van der Waals surface area contributed by atoms with Crippen LogP contribution in [-0.2, 0) is 0 Å². The molecule has 0 heterocycles. The van der Waals surface area contributed by atoms with Crippen molar-refractivity contribution < 1.29 is 0 Å². The van der Waals surface area contributed by atoms with Crippen LogP contribution in [0, 0.1) is 0 Å². The van der Waals surface area contributed by atoms with E-state index in [-0.39, 0.29) is 0 Å². The molecule has 0 aromatic carbocycles. The van der Waals surface area contributed by atoms with Gasteiger partial charge in [-0.05, 0) is 13.3 Å². The molecule has 0 aliphatic carbocycles. The van der Waals surface area contributed by atoms with Gasteiger partial charge in [-0.1, -0.05) is 6.92 Å². The highest BCUT2D eigenvalue weighted by Crippen LogP contribution is 1.83. The van der Waals surface area contributed by atoms with E-state index < -0.39 is 0 Å². The standard InChI is InChI=1S/C5H14N2/c1-3-5(2)7-4-6/h5,7H,3-4,6H2,1-2H3/t5-/m0/s1. The normalized spacial score (nSPS) is 14.1. The second-order valence-corrected chi connectivity index (χ2v) is 1.72. The quantitative estimate of drug-likeness (QED) is 0.503. The Kier molecular flexibility index (Phi) is 4.04. The molecule has 0 aliphatic heterocycles. The Labute approximate surface area is 45.1 Å². The van der Waals surface area contributed by atoms with E-state index in [1.807, 2.05) is 0 Å². The number of nitrogens with one attached hydrogen (secondary N) is 1. The largest absolute Gasteiger partial charge is 0.318 e. The first-order valence-electron chi connectivity index (χ1n) is 2.74. The van der Waals surface area contributed by atoms with Crippen molar-refractivity contribution in [3.63, 3.8) is 0 Å². The van der Waals surface area contributed by atoms with Gasteiger partial charge in [-0.3, -0.25) is 0 Å². The molecule has 0 rings (SSSR count). The van der Waals surface area contributed by atoms with Crippen molar-refractivity contribution in [3.8, 4) is 0 Å². The average molecular weight is 102 g/mol. The summed E-state index contributed by atoms with van der Waals surface area (Å²) in [6.45, 7) is 4.84. The van der Waals surface area contributed by atoms with Gasteiger partial charge in [-0.25, -0.2) is 0 Å². The summed E-state index contributed by atoms with van der Waals surface area (Å²) in [4.78, 5) is 0. The summed E-state index contributed by atoms with van der Waals surface area (Å²) in [5, 5.41) is 3.07. The molecule has 0 unspecified atom stereocenters. The van der Waals surface area contributed by atoms with E-state index in [0.29, 0.717) is 12.7 Å².